The molecule has 0 bridgehead atoms. The number of carbonyl (C=O) groups excluding carboxylic acids is 2. The van der Waals surface area contributed by atoms with E-state index < -0.39 is 0 Å². The summed E-state index contributed by atoms with van der Waals surface area (Å²) in [4.78, 5) is 27.1. The number of thioether (sulfide) groups is 1. The Labute approximate surface area is 112 Å². The first-order valence-electron chi connectivity index (χ1n) is 6.51. The van der Waals surface area contributed by atoms with Crippen molar-refractivity contribution in [3.63, 3.8) is 0 Å². The smallest absolute Gasteiger partial charge is 0.281 e. The van der Waals surface area contributed by atoms with Crippen LogP contribution in [0.1, 0.15) is 19.8 Å². The molecule has 0 spiro atoms. The van der Waals surface area contributed by atoms with Gasteiger partial charge in [0.2, 0.25) is 5.91 Å². The van der Waals surface area contributed by atoms with Gasteiger partial charge in [0.25, 0.3) is 5.24 Å². The Morgan fingerprint density at radius 2 is 2.33 bits per heavy atom. The van der Waals surface area contributed by atoms with E-state index in [0.717, 1.165) is 18.7 Å². The fourth-order valence-electron chi connectivity index (χ4n) is 2.21. The molecule has 2 heterocycles. The molecule has 0 aromatic heterocycles. The van der Waals surface area contributed by atoms with Gasteiger partial charge in [-0.1, -0.05) is 18.7 Å². The summed E-state index contributed by atoms with van der Waals surface area (Å²) in [6, 6.07) is 0. The lowest BCUT2D eigenvalue weighted by molar-refractivity contribution is -0.139. The molecule has 2 rings (SSSR count). The zero-order valence-corrected chi connectivity index (χ0v) is 11.6. The topological polar surface area (TPSA) is 49.9 Å². The number of nitrogens with zero attached hydrogens (tertiary/aromatic N) is 2. The van der Waals surface area contributed by atoms with Crippen molar-refractivity contribution in [2.24, 2.45) is 0 Å². The Bertz CT molecular complexity index is 324. The van der Waals surface area contributed by atoms with Gasteiger partial charge < -0.3 is 14.5 Å². The lowest BCUT2D eigenvalue weighted by atomic mass is 10.2. The fourth-order valence-corrected chi connectivity index (χ4v) is 3.06. The van der Waals surface area contributed by atoms with Crippen molar-refractivity contribution < 1.29 is 14.3 Å². The predicted molar refractivity (Wildman–Crippen MR) is 70.7 cm³/mol. The van der Waals surface area contributed by atoms with Gasteiger partial charge in [-0.2, -0.15) is 0 Å². The van der Waals surface area contributed by atoms with Crippen LogP contribution in [0.3, 0.4) is 0 Å². The summed E-state index contributed by atoms with van der Waals surface area (Å²) in [7, 11) is 0. The van der Waals surface area contributed by atoms with Gasteiger partial charge in [0, 0.05) is 38.4 Å². The lowest BCUT2D eigenvalue weighted by Crippen LogP contribution is -2.46. The van der Waals surface area contributed by atoms with E-state index in [-0.39, 0.29) is 17.3 Å². The van der Waals surface area contributed by atoms with Crippen LogP contribution in [0.15, 0.2) is 0 Å². The van der Waals surface area contributed by atoms with Crippen LogP contribution in [-0.4, -0.2) is 65.6 Å². The number of hydrogen-bond acceptors (Lipinski definition) is 4. The second-order valence-corrected chi connectivity index (χ2v) is 5.64. The molecule has 6 heteroatoms. The average molecular weight is 272 g/mol. The van der Waals surface area contributed by atoms with Crippen molar-refractivity contribution in [1.82, 2.24) is 9.80 Å². The van der Waals surface area contributed by atoms with E-state index >= 15 is 0 Å². The van der Waals surface area contributed by atoms with E-state index in [1.165, 1.54) is 11.8 Å². The Kier molecular flexibility index (Phi) is 4.88. The minimum Gasteiger partial charge on any atom is -0.375 e. The SMILES string of the molecule is CC[C@H]1CN(C(=O)CCN2CCSC2=O)CCO1. The van der Waals surface area contributed by atoms with E-state index in [9.17, 15) is 9.59 Å². The summed E-state index contributed by atoms with van der Waals surface area (Å²) in [6.07, 6.45) is 1.54. The van der Waals surface area contributed by atoms with Gasteiger partial charge in [0.05, 0.1) is 12.7 Å². The number of morpholine rings is 1. The van der Waals surface area contributed by atoms with Crippen LogP contribution < -0.4 is 0 Å². The Hall–Kier alpha value is -0.750. The normalized spacial score (nSPS) is 24.7. The van der Waals surface area contributed by atoms with Crippen molar-refractivity contribution in [2.75, 3.05) is 38.5 Å². The third-order valence-corrected chi connectivity index (χ3v) is 4.28. The molecule has 5 nitrogen and oxygen atoms in total. The van der Waals surface area contributed by atoms with Gasteiger partial charge in [-0.25, -0.2) is 0 Å². The molecule has 0 radical (unpaired) electrons. The minimum atomic E-state index is 0.108. The predicted octanol–water partition coefficient (Wildman–Crippen LogP) is 1.18. The van der Waals surface area contributed by atoms with Crippen molar-refractivity contribution in [1.29, 1.82) is 0 Å². The van der Waals surface area contributed by atoms with Crippen LogP contribution in [0.5, 0.6) is 0 Å². The van der Waals surface area contributed by atoms with Gasteiger partial charge in [-0.15, -0.1) is 0 Å². The van der Waals surface area contributed by atoms with Crippen LogP contribution in [0.25, 0.3) is 0 Å². The van der Waals surface area contributed by atoms with E-state index in [0.29, 0.717) is 32.7 Å². The lowest BCUT2D eigenvalue weighted by Gasteiger charge is -2.32. The van der Waals surface area contributed by atoms with Crippen LogP contribution >= 0.6 is 11.8 Å². The number of carbonyl (C=O) groups is 2. The second-order valence-electron chi connectivity index (χ2n) is 4.59. The van der Waals surface area contributed by atoms with E-state index in [4.69, 9.17) is 4.74 Å². The third-order valence-electron chi connectivity index (χ3n) is 3.39. The zero-order chi connectivity index (χ0) is 13.0. The minimum absolute atomic E-state index is 0.108. The van der Waals surface area contributed by atoms with Gasteiger partial charge in [-0.05, 0) is 6.42 Å². The van der Waals surface area contributed by atoms with E-state index in [1.807, 2.05) is 4.90 Å². The molecule has 0 unspecified atom stereocenters. The molecule has 2 aliphatic heterocycles. The van der Waals surface area contributed by atoms with Crippen molar-refractivity contribution in [3.05, 3.63) is 0 Å². The van der Waals surface area contributed by atoms with Crippen LogP contribution in [0, 0.1) is 0 Å². The van der Waals surface area contributed by atoms with Gasteiger partial charge in [-0.3, -0.25) is 9.59 Å². The highest BCUT2D eigenvalue weighted by atomic mass is 32.2. The largest absolute Gasteiger partial charge is 0.375 e. The molecular weight excluding hydrogens is 252 g/mol. The van der Waals surface area contributed by atoms with Gasteiger partial charge in [0.15, 0.2) is 0 Å². The first-order chi connectivity index (χ1) is 8.70. The number of hydrogen-bond donors (Lipinski definition) is 0. The van der Waals surface area contributed by atoms with Crippen molar-refractivity contribution in [2.45, 2.75) is 25.9 Å². The van der Waals surface area contributed by atoms with Crippen LogP contribution in [-0.2, 0) is 9.53 Å². The maximum absolute atomic E-state index is 12.0. The molecule has 0 N–H and O–H groups in total. The van der Waals surface area contributed by atoms with Crippen LogP contribution in [0.2, 0.25) is 0 Å². The molecule has 0 saturated carbocycles. The number of rotatable bonds is 4. The standard InChI is InChI=1S/C12H20N2O3S/c1-2-10-9-14(5-7-17-10)11(15)3-4-13-6-8-18-12(13)16/h10H,2-9H2,1H3/t10-/m0/s1. The van der Waals surface area contributed by atoms with Crippen molar-refractivity contribution >= 4 is 22.9 Å². The average Bonchev–Trinajstić information content (AvgIpc) is 2.81. The number of ether oxygens (including phenoxy) is 1. The highest BCUT2D eigenvalue weighted by Crippen LogP contribution is 2.17. The monoisotopic (exact) mass is 272 g/mol. The molecule has 0 aromatic rings. The summed E-state index contributed by atoms with van der Waals surface area (Å²) in [5.41, 5.74) is 0. The van der Waals surface area contributed by atoms with Crippen molar-refractivity contribution in [3.8, 4) is 0 Å². The molecule has 2 aliphatic rings. The quantitative estimate of drug-likeness (QED) is 0.771. The van der Waals surface area contributed by atoms with E-state index in [2.05, 4.69) is 6.92 Å². The summed E-state index contributed by atoms with van der Waals surface area (Å²) in [5.74, 6) is 0.990. The highest BCUT2D eigenvalue weighted by molar-refractivity contribution is 8.13. The summed E-state index contributed by atoms with van der Waals surface area (Å²) in [6.45, 7) is 5.40. The van der Waals surface area contributed by atoms with Crippen LogP contribution in [0.4, 0.5) is 4.79 Å². The molecule has 0 aromatic carbocycles. The Morgan fingerprint density at radius 1 is 1.50 bits per heavy atom. The highest BCUT2D eigenvalue weighted by Gasteiger charge is 2.25. The summed E-state index contributed by atoms with van der Waals surface area (Å²) in [5, 5.41) is 0.108. The molecular formula is C12H20N2O3S. The Morgan fingerprint density at radius 3 is 3.00 bits per heavy atom. The fraction of sp³-hybridized carbons (Fsp3) is 0.833. The summed E-state index contributed by atoms with van der Waals surface area (Å²) < 4.78 is 5.54. The molecule has 102 valence electrons. The zero-order valence-electron chi connectivity index (χ0n) is 10.8. The maximum Gasteiger partial charge on any atom is 0.281 e. The Balaban J connectivity index is 1.75. The molecule has 1 atom stereocenters. The second kappa shape index (κ2) is 6.43. The van der Waals surface area contributed by atoms with Gasteiger partial charge in [0.1, 0.15) is 0 Å². The first kappa shape index (κ1) is 13.7. The summed E-state index contributed by atoms with van der Waals surface area (Å²) >= 11 is 1.34. The molecule has 2 fully saturated rings. The maximum atomic E-state index is 12.0. The molecule has 18 heavy (non-hydrogen) atoms. The molecule has 0 aliphatic carbocycles. The molecule has 2 saturated heterocycles. The first-order valence-corrected chi connectivity index (χ1v) is 7.50. The molecule has 2 amide bonds. The third kappa shape index (κ3) is 3.38. The van der Waals surface area contributed by atoms with E-state index in [1.54, 1.807) is 4.90 Å². The van der Waals surface area contributed by atoms with Gasteiger partial charge >= 0.3 is 0 Å². The number of amides is 2.